The topological polar surface area (TPSA) is 327 Å². The van der Waals surface area contributed by atoms with Crippen molar-refractivity contribution < 1.29 is 112 Å². The van der Waals surface area contributed by atoms with E-state index in [0.29, 0.717) is 12.8 Å². The van der Waals surface area contributed by atoms with Gasteiger partial charge in [0.25, 0.3) is 0 Å². The molecule has 0 aromatic heterocycles. The minimum absolute atomic E-state index is 0.0155. The predicted molar refractivity (Wildman–Crippen MR) is 287 cm³/mol. The van der Waals surface area contributed by atoms with Crippen LogP contribution in [-0.4, -0.2) is 218 Å². The first-order chi connectivity index (χ1) is 38.7. The lowest BCUT2D eigenvalue weighted by molar-refractivity contribution is -0.399. The summed E-state index contributed by atoms with van der Waals surface area (Å²) in [5.74, 6) is -1.41. The summed E-state index contributed by atoms with van der Waals surface area (Å²) < 4.78 is 76.0. The second-order valence-electron chi connectivity index (χ2n) is 23.6. The highest BCUT2D eigenvalue weighted by atomic mass is 16.8. The van der Waals surface area contributed by atoms with Crippen LogP contribution in [0.2, 0.25) is 0 Å². The zero-order valence-corrected chi connectivity index (χ0v) is 49.0. The van der Waals surface area contributed by atoms with Gasteiger partial charge in [-0.05, 0) is 60.3 Å². The largest absolute Gasteiger partial charge is 0.456 e. The fourth-order valence-electron chi connectivity index (χ4n) is 11.7. The summed E-state index contributed by atoms with van der Waals surface area (Å²) in [7, 11) is 0. The fourth-order valence-corrected chi connectivity index (χ4v) is 11.7. The maximum Gasteiger partial charge on any atom is 0.306 e. The van der Waals surface area contributed by atoms with Crippen LogP contribution in [0.3, 0.4) is 0 Å². The number of unbranched alkanes of at least 4 members (excludes halogenated alkanes) is 10. The van der Waals surface area contributed by atoms with Crippen molar-refractivity contribution in [2.24, 2.45) is 0 Å². The first-order valence-corrected chi connectivity index (χ1v) is 30.8. The lowest BCUT2D eigenvalue weighted by Gasteiger charge is -2.51. The van der Waals surface area contributed by atoms with E-state index in [-0.39, 0.29) is 18.9 Å². The maximum atomic E-state index is 14.2. The van der Waals surface area contributed by atoms with Gasteiger partial charge in [0.05, 0.1) is 36.6 Å². The van der Waals surface area contributed by atoms with Crippen molar-refractivity contribution in [3.05, 3.63) is 0 Å². The van der Waals surface area contributed by atoms with Crippen LogP contribution >= 0.6 is 0 Å². The third-order valence-corrected chi connectivity index (χ3v) is 16.9. The molecule has 6 aliphatic rings. The molecule has 472 valence electrons. The molecule has 0 saturated carbocycles. The van der Waals surface area contributed by atoms with Gasteiger partial charge in [0.1, 0.15) is 79.4 Å². The Kier molecular flexibility index (Phi) is 28.6. The van der Waals surface area contributed by atoms with E-state index in [1.165, 1.54) is 33.6 Å². The van der Waals surface area contributed by atoms with Crippen LogP contribution in [0.15, 0.2) is 0 Å². The molecule has 0 unspecified atom stereocenters. The van der Waals surface area contributed by atoms with E-state index in [2.05, 4.69) is 13.8 Å². The molecule has 26 atom stereocenters. The van der Waals surface area contributed by atoms with Gasteiger partial charge in [-0.15, -0.1) is 0 Å². The summed E-state index contributed by atoms with van der Waals surface area (Å²) in [5.41, 5.74) is 0. The molecule has 23 heteroatoms. The number of esters is 2. The van der Waals surface area contributed by atoms with Gasteiger partial charge >= 0.3 is 11.9 Å². The van der Waals surface area contributed by atoms with Crippen LogP contribution in [0, 0.1) is 0 Å². The minimum Gasteiger partial charge on any atom is -0.456 e. The third kappa shape index (κ3) is 19.1. The van der Waals surface area contributed by atoms with E-state index in [1.54, 1.807) is 13.8 Å². The number of ether oxygens (including phenoxy) is 12. The number of carbonyl (C=O) groups excluding carboxylic acids is 2. The summed E-state index contributed by atoms with van der Waals surface area (Å²) in [5, 5.41) is 101. The Morgan fingerprint density at radius 3 is 1.53 bits per heavy atom. The molecular formula is C58H102O23. The standard InChI is InChI=1S/C58H102O23/c1-8-10-12-13-14-15-18-21-26-30-38(60)77-53-52(81-55-46(68)43(65)40(62)32(4)71-55)49(78-54-45(67)42(64)39(61)31(3)70-54)35(7)74-58(53)79-48-34(6)73-56-47(69)50(48)76-37(59)29-25-22-19-16-17-20-24-28-36(27-23-11-9-2)75-57-51(80-56)44(66)41(63)33(5)72-57/h31-36,39-58,61-69H,8-30H2,1-7H3/t31-,32-,33+,34-,35-,36-,39-,40-,41-,42+,43+,44-,45+,46+,47+,48-,49-,50-,51+,52+,53+,54-,55-,56-,57+,58-/m0/s1. The molecule has 0 aliphatic carbocycles. The van der Waals surface area contributed by atoms with Gasteiger partial charge in [0.15, 0.2) is 43.7 Å². The fraction of sp³-hybridized carbons (Fsp3) is 0.966. The van der Waals surface area contributed by atoms with Crippen molar-refractivity contribution in [2.75, 3.05) is 0 Å². The molecule has 0 spiro atoms. The molecule has 6 saturated heterocycles. The number of carbonyl (C=O) groups is 2. The lowest BCUT2D eigenvalue weighted by atomic mass is 9.95. The number of aliphatic hydroxyl groups excluding tert-OH is 9. The molecule has 0 aromatic rings. The predicted octanol–water partition coefficient (Wildman–Crippen LogP) is 3.73. The number of aliphatic hydroxyl groups is 9. The molecular weight excluding hydrogens is 1060 g/mol. The van der Waals surface area contributed by atoms with E-state index in [1.807, 2.05) is 0 Å². The second kappa shape index (κ2) is 33.9. The highest BCUT2D eigenvalue weighted by Gasteiger charge is 2.58. The van der Waals surface area contributed by atoms with Crippen LogP contribution in [0.25, 0.3) is 0 Å². The first kappa shape index (κ1) is 68.3. The Balaban J connectivity index is 1.34. The molecule has 6 aliphatic heterocycles. The van der Waals surface area contributed by atoms with Crippen molar-refractivity contribution in [1.82, 2.24) is 0 Å². The highest BCUT2D eigenvalue weighted by molar-refractivity contribution is 5.70. The van der Waals surface area contributed by atoms with Crippen molar-refractivity contribution in [3.8, 4) is 0 Å². The van der Waals surface area contributed by atoms with E-state index in [9.17, 15) is 55.5 Å². The molecule has 6 heterocycles. The summed E-state index contributed by atoms with van der Waals surface area (Å²) in [6.45, 7) is 11.9. The molecule has 6 fully saturated rings. The zero-order valence-electron chi connectivity index (χ0n) is 49.0. The number of fused-ring (bicyclic) bond motifs is 3. The van der Waals surface area contributed by atoms with E-state index in [4.69, 9.17) is 56.8 Å². The van der Waals surface area contributed by atoms with Crippen molar-refractivity contribution in [2.45, 2.75) is 356 Å². The second-order valence-corrected chi connectivity index (χ2v) is 23.6. The summed E-state index contributed by atoms with van der Waals surface area (Å²) >= 11 is 0. The number of hydrogen-bond acceptors (Lipinski definition) is 23. The summed E-state index contributed by atoms with van der Waals surface area (Å²) in [6.07, 6.45) is -19.0. The smallest absolute Gasteiger partial charge is 0.306 e. The van der Waals surface area contributed by atoms with Crippen LogP contribution in [-0.2, 0) is 66.4 Å². The van der Waals surface area contributed by atoms with E-state index < -0.39 is 165 Å². The van der Waals surface area contributed by atoms with Crippen molar-refractivity contribution >= 4 is 11.9 Å². The first-order valence-electron chi connectivity index (χ1n) is 30.8. The van der Waals surface area contributed by atoms with Crippen LogP contribution < -0.4 is 0 Å². The zero-order chi connectivity index (χ0) is 58.9. The Morgan fingerprint density at radius 2 is 0.914 bits per heavy atom. The van der Waals surface area contributed by atoms with Crippen molar-refractivity contribution in [1.29, 1.82) is 0 Å². The van der Waals surface area contributed by atoms with Gasteiger partial charge in [-0.3, -0.25) is 9.59 Å². The SMILES string of the molecule is CCCCCCCCCCCC(=O)O[C@H]1[C@H](O[C@@H]2[C@H]3OC(=O)CCCCCCCCC[C@H](CCCCC)O[C@H]4O[C@H](C)[C@H](O)[C@H](O)[C@H]4O[C@H](O[C@H]2C)[C@@H]3O)O[C@@H](C)[C@H](O[C@@H]2O[C@@H](C)[C@H](O)[C@@H](O)[C@H]2O)[C@H]1O[C@@H]1O[C@@H](C)[C@H](O)[C@@H](O)[C@H]1O. The Hall–Kier alpha value is -1.82. The quantitative estimate of drug-likeness (QED) is 0.0584. The molecule has 0 aromatic carbocycles. The molecule has 6 rings (SSSR count). The number of hydrogen-bond donors (Lipinski definition) is 9. The third-order valence-electron chi connectivity index (χ3n) is 16.9. The molecule has 2 bridgehead atoms. The molecule has 81 heavy (non-hydrogen) atoms. The Bertz CT molecular complexity index is 1800. The highest BCUT2D eigenvalue weighted by Crippen LogP contribution is 2.39. The van der Waals surface area contributed by atoms with Crippen molar-refractivity contribution in [3.63, 3.8) is 0 Å². The summed E-state index contributed by atoms with van der Waals surface area (Å²) in [6, 6.07) is 0. The van der Waals surface area contributed by atoms with Crippen LogP contribution in [0.5, 0.6) is 0 Å². The lowest BCUT2D eigenvalue weighted by Crippen LogP contribution is -2.68. The maximum absolute atomic E-state index is 14.2. The molecule has 0 radical (unpaired) electrons. The Morgan fingerprint density at radius 1 is 0.432 bits per heavy atom. The van der Waals surface area contributed by atoms with Gasteiger partial charge in [-0.1, -0.05) is 123 Å². The molecule has 23 nitrogen and oxygen atoms in total. The van der Waals surface area contributed by atoms with Crippen LogP contribution in [0.4, 0.5) is 0 Å². The monoisotopic (exact) mass is 1170 g/mol. The molecule has 0 amide bonds. The van der Waals surface area contributed by atoms with Crippen LogP contribution in [0.1, 0.15) is 196 Å². The van der Waals surface area contributed by atoms with Gasteiger partial charge in [-0.25, -0.2) is 0 Å². The number of rotatable bonds is 21. The Labute approximate surface area is 478 Å². The van der Waals surface area contributed by atoms with Gasteiger partial charge < -0.3 is 103 Å². The van der Waals surface area contributed by atoms with E-state index >= 15 is 0 Å². The minimum atomic E-state index is -1.88. The summed E-state index contributed by atoms with van der Waals surface area (Å²) in [4.78, 5) is 28.2. The normalized spacial score (nSPS) is 43.5. The average molecular weight is 1170 g/mol. The van der Waals surface area contributed by atoms with Gasteiger partial charge in [-0.2, -0.15) is 0 Å². The van der Waals surface area contributed by atoms with Gasteiger partial charge in [0, 0.05) is 12.8 Å². The van der Waals surface area contributed by atoms with E-state index in [0.717, 1.165) is 109 Å². The molecule has 9 N–H and O–H groups in total. The van der Waals surface area contributed by atoms with Gasteiger partial charge in [0.2, 0.25) is 0 Å². The average Bonchev–Trinajstić information content (AvgIpc) is 3.48.